The topological polar surface area (TPSA) is 69.2 Å². The van der Waals surface area contributed by atoms with Gasteiger partial charge in [-0.2, -0.15) is 0 Å². The summed E-state index contributed by atoms with van der Waals surface area (Å²) in [7, 11) is 4.82. The molecule has 0 fully saturated rings. The third-order valence-corrected chi connectivity index (χ3v) is 2.80. The molecule has 1 aromatic rings. The summed E-state index contributed by atoms with van der Waals surface area (Å²) < 4.78 is 21.3. The number of benzene rings is 1. The Balaban J connectivity index is 2.84. The minimum Gasteiger partial charge on any atom is -0.493 e. The van der Waals surface area contributed by atoms with Crippen LogP contribution in [0.25, 0.3) is 0 Å². The van der Waals surface area contributed by atoms with Gasteiger partial charge in [0.05, 0.1) is 26.9 Å². The third kappa shape index (κ3) is 5.79. The molecule has 0 heterocycles. The van der Waals surface area contributed by atoms with Gasteiger partial charge < -0.3 is 29.4 Å². The number of nitrogens with one attached hydrogen (secondary N) is 1. The average molecular weight is 299 g/mol. The summed E-state index contributed by atoms with van der Waals surface area (Å²) in [6, 6.07) is 3.78. The monoisotopic (exact) mass is 299 g/mol. The molecule has 1 unspecified atom stereocenters. The molecular weight excluding hydrogens is 274 g/mol. The summed E-state index contributed by atoms with van der Waals surface area (Å²) in [4.78, 5) is 0. The van der Waals surface area contributed by atoms with E-state index in [2.05, 4.69) is 5.32 Å². The summed E-state index contributed by atoms with van der Waals surface area (Å²) in [5, 5.41) is 12.6. The van der Waals surface area contributed by atoms with Gasteiger partial charge in [-0.3, -0.25) is 0 Å². The lowest BCUT2D eigenvalue weighted by atomic mass is 10.1. The molecule has 120 valence electrons. The normalized spacial score (nSPS) is 12.0. The first kappa shape index (κ1) is 17.6. The van der Waals surface area contributed by atoms with Gasteiger partial charge in [-0.25, -0.2) is 0 Å². The highest BCUT2D eigenvalue weighted by atomic mass is 16.5. The van der Waals surface area contributed by atoms with Crippen LogP contribution in [0.15, 0.2) is 12.1 Å². The van der Waals surface area contributed by atoms with Crippen LogP contribution >= 0.6 is 0 Å². The molecule has 1 aromatic carbocycles. The Hall–Kier alpha value is -1.50. The highest BCUT2D eigenvalue weighted by Gasteiger charge is 2.15. The van der Waals surface area contributed by atoms with Gasteiger partial charge in [-0.1, -0.05) is 0 Å². The molecule has 0 aliphatic rings. The molecule has 21 heavy (non-hydrogen) atoms. The lowest BCUT2D eigenvalue weighted by molar-refractivity contribution is 0.118. The van der Waals surface area contributed by atoms with E-state index >= 15 is 0 Å². The van der Waals surface area contributed by atoms with Gasteiger partial charge in [0.15, 0.2) is 11.5 Å². The zero-order valence-corrected chi connectivity index (χ0v) is 13.1. The third-order valence-electron chi connectivity index (χ3n) is 2.80. The summed E-state index contributed by atoms with van der Waals surface area (Å²) >= 11 is 0. The van der Waals surface area contributed by atoms with Crippen LogP contribution < -0.4 is 19.5 Å². The molecule has 0 aliphatic heterocycles. The van der Waals surface area contributed by atoms with E-state index in [-0.39, 0.29) is 6.61 Å². The summed E-state index contributed by atoms with van der Waals surface area (Å²) in [5.74, 6) is 1.67. The number of methoxy groups -OCH3 is 3. The Kier molecular flexibility index (Phi) is 7.89. The standard InChI is InChI=1S/C15H25NO5/c1-11(17)10-21-15-13(19-3)7-12(8-14(15)20-4)9-16-5-6-18-2/h7-8,11,16-17H,5-6,9-10H2,1-4H3. The molecule has 1 rings (SSSR count). The lowest BCUT2D eigenvalue weighted by Crippen LogP contribution is -2.19. The maximum Gasteiger partial charge on any atom is 0.203 e. The van der Waals surface area contributed by atoms with Crippen molar-refractivity contribution < 1.29 is 24.1 Å². The molecule has 0 amide bonds. The van der Waals surface area contributed by atoms with Crippen molar-refractivity contribution in [2.75, 3.05) is 41.1 Å². The predicted octanol–water partition coefficient (Wildman–Crippen LogP) is 1.20. The summed E-state index contributed by atoms with van der Waals surface area (Å²) in [6.07, 6.45) is -0.560. The highest BCUT2D eigenvalue weighted by Crippen LogP contribution is 2.38. The Morgan fingerprint density at radius 2 is 1.76 bits per heavy atom. The molecule has 0 aliphatic carbocycles. The van der Waals surface area contributed by atoms with Crippen LogP contribution in [0.3, 0.4) is 0 Å². The van der Waals surface area contributed by atoms with E-state index in [0.717, 1.165) is 12.1 Å². The second-order valence-corrected chi connectivity index (χ2v) is 4.66. The van der Waals surface area contributed by atoms with Gasteiger partial charge in [-0.15, -0.1) is 0 Å². The predicted molar refractivity (Wildman–Crippen MR) is 80.3 cm³/mol. The molecule has 0 radical (unpaired) electrons. The molecule has 2 N–H and O–H groups in total. The zero-order chi connectivity index (χ0) is 15.7. The summed E-state index contributed by atoms with van der Waals surface area (Å²) in [5.41, 5.74) is 1.02. The van der Waals surface area contributed by atoms with E-state index in [1.165, 1.54) is 0 Å². The maximum absolute atomic E-state index is 9.33. The van der Waals surface area contributed by atoms with Crippen molar-refractivity contribution in [2.24, 2.45) is 0 Å². The van der Waals surface area contributed by atoms with Crippen LogP contribution in [0.5, 0.6) is 17.2 Å². The van der Waals surface area contributed by atoms with E-state index < -0.39 is 6.10 Å². The second kappa shape index (κ2) is 9.44. The van der Waals surface area contributed by atoms with Crippen molar-refractivity contribution in [3.63, 3.8) is 0 Å². The first-order valence-electron chi connectivity index (χ1n) is 6.87. The van der Waals surface area contributed by atoms with Gasteiger partial charge in [0.25, 0.3) is 0 Å². The molecule has 0 aromatic heterocycles. The van der Waals surface area contributed by atoms with Gasteiger partial charge >= 0.3 is 0 Å². The Morgan fingerprint density at radius 3 is 2.24 bits per heavy atom. The van der Waals surface area contributed by atoms with Gasteiger partial charge in [0.1, 0.15) is 6.61 Å². The van der Waals surface area contributed by atoms with E-state index in [4.69, 9.17) is 18.9 Å². The molecule has 6 heteroatoms. The van der Waals surface area contributed by atoms with Crippen LogP contribution in [0, 0.1) is 0 Å². The van der Waals surface area contributed by atoms with Gasteiger partial charge in [-0.05, 0) is 24.6 Å². The summed E-state index contributed by atoms with van der Waals surface area (Å²) in [6.45, 7) is 3.93. The lowest BCUT2D eigenvalue weighted by Gasteiger charge is -2.17. The number of rotatable bonds is 10. The SMILES string of the molecule is COCCNCc1cc(OC)c(OCC(C)O)c(OC)c1. The zero-order valence-electron chi connectivity index (χ0n) is 13.1. The molecule has 0 saturated heterocycles. The first-order valence-corrected chi connectivity index (χ1v) is 6.87. The largest absolute Gasteiger partial charge is 0.493 e. The number of hydrogen-bond acceptors (Lipinski definition) is 6. The maximum atomic E-state index is 9.33. The van der Waals surface area contributed by atoms with Crippen molar-refractivity contribution in [3.05, 3.63) is 17.7 Å². The van der Waals surface area contributed by atoms with Gasteiger partial charge in [0, 0.05) is 20.2 Å². The van der Waals surface area contributed by atoms with Gasteiger partial charge in [0.2, 0.25) is 5.75 Å². The molecule has 1 atom stereocenters. The molecule has 0 bridgehead atoms. The fourth-order valence-corrected chi connectivity index (χ4v) is 1.79. The fraction of sp³-hybridized carbons (Fsp3) is 0.600. The van der Waals surface area contributed by atoms with Crippen LogP contribution in [-0.2, 0) is 11.3 Å². The number of ether oxygens (including phenoxy) is 4. The van der Waals surface area contributed by atoms with Crippen LogP contribution in [0.2, 0.25) is 0 Å². The molecule has 6 nitrogen and oxygen atoms in total. The number of aliphatic hydroxyl groups excluding tert-OH is 1. The minimum atomic E-state index is -0.560. The van der Waals surface area contributed by atoms with Crippen LogP contribution in [0.4, 0.5) is 0 Å². The molecule has 0 spiro atoms. The molecule has 0 saturated carbocycles. The van der Waals surface area contributed by atoms with E-state index in [9.17, 15) is 5.11 Å². The average Bonchev–Trinajstić information content (AvgIpc) is 2.48. The Bertz CT molecular complexity index is 398. The smallest absolute Gasteiger partial charge is 0.203 e. The Labute approximate surface area is 126 Å². The van der Waals surface area contributed by atoms with Crippen LogP contribution in [0.1, 0.15) is 12.5 Å². The van der Waals surface area contributed by atoms with Crippen molar-refractivity contribution in [1.29, 1.82) is 0 Å². The molecular formula is C15H25NO5. The first-order chi connectivity index (χ1) is 10.1. The van der Waals surface area contributed by atoms with Crippen molar-refractivity contribution in [2.45, 2.75) is 19.6 Å². The quantitative estimate of drug-likeness (QED) is 0.633. The van der Waals surface area contributed by atoms with Crippen molar-refractivity contribution >= 4 is 0 Å². The van der Waals surface area contributed by atoms with E-state index in [0.29, 0.717) is 30.4 Å². The minimum absolute atomic E-state index is 0.179. The fourth-order valence-electron chi connectivity index (χ4n) is 1.79. The second-order valence-electron chi connectivity index (χ2n) is 4.66. The van der Waals surface area contributed by atoms with E-state index in [1.807, 2.05) is 12.1 Å². The Morgan fingerprint density at radius 1 is 1.14 bits per heavy atom. The van der Waals surface area contributed by atoms with Crippen molar-refractivity contribution in [1.82, 2.24) is 5.32 Å². The number of aliphatic hydroxyl groups is 1. The van der Waals surface area contributed by atoms with Crippen LogP contribution in [-0.4, -0.2) is 52.3 Å². The highest BCUT2D eigenvalue weighted by molar-refractivity contribution is 5.53. The van der Waals surface area contributed by atoms with Crippen molar-refractivity contribution in [3.8, 4) is 17.2 Å². The number of hydrogen-bond donors (Lipinski definition) is 2. The van der Waals surface area contributed by atoms with E-state index in [1.54, 1.807) is 28.3 Å².